The molecule has 1 aliphatic heterocycles. The number of benzene rings is 1. The van der Waals surface area contributed by atoms with Crippen LogP contribution in [0.1, 0.15) is 40.3 Å². The molecule has 138 valence electrons. The standard InChI is InChI=1S/C21H21IN4S/c1-12-7-6-8-15(11-12)26-20(17-13(2)24-14(3)18(17)22)19(25-21(26)27)16-9-4-5-10-23-16/h4-11,19-20,24H,1-3H3,(H,25,27). The molecule has 3 aromatic rings. The molecule has 27 heavy (non-hydrogen) atoms. The Kier molecular flexibility index (Phi) is 4.94. The third kappa shape index (κ3) is 3.25. The van der Waals surface area contributed by atoms with Gasteiger partial charge in [0.15, 0.2) is 5.11 Å². The van der Waals surface area contributed by atoms with E-state index < -0.39 is 0 Å². The number of aromatic amines is 1. The second kappa shape index (κ2) is 7.24. The van der Waals surface area contributed by atoms with Crippen LogP contribution in [0.4, 0.5) is 5.69 Å². The van der Waals surface area contributed by atoms with Crippen LogP contribution in [0.2, 0.25) is 0 Å². The average molecular weight is 488 g/mol. The van der Waals surface area contributed by atoms with Crippen molar-refractivity contribution >= 4 is 45.6 Å². The molecule has 0 radical (unpaired) electrons. The van der Waals surface area contributed by atoms with Crippen LogP contribution in [0.5, 0.6) is 0 Å². The number of anilines is 1. The minimum Gasteiger partial charge on any atom is -0.362 e. The molecule has 6 heteroatoms. The molecule has 2 atom stereocenters. The van der Waals surface area contributed by atoms with Crippen LogP contribution in [0, 0.1) is 24.3 Å². The zero-order valence-electron chi connectivity index (χ0n) is 15.5. The molecule has 2 N–H and O–H groups in total. The Morgan fingerprint density at radius 1 is 1.07 bits per heavy atom. The molecule has 2 aromatic heterocycles. The number of aryl methyl sites for hydroxylation is 3. The van der Waals surface area contributed by atoms with Crippen LogP contribution in [0.15, 0.2) is 48.7 Å². The van der Waals surface area contributed by atoms with E-state index in [2.05, 4.69) is 93.9 Å². The van der Waals surface area contributed by atoms with Gasteiger partial charge < -0.3 is 15.2 Å². The van der Waals surface area contributed by atoms with Crippen molar-refractivity contribution in [3.63, 3.8) is 0 Å². The molecule has 1 aliphatic rings. The maximum atomic E-state index is 5.79. The highest BCUT2D eigenvalue weighted by Gasteiger charge is 2.42. The highest BCUT2D eigenvalue weighted by Crippen LogP contribution is 2.44. The third-order valence-corrected chi connectivity index (χ3v) is 6.72. The van der Waals surface area contributed by atoms with Gasteiger partial charge in [-0.15, -0.1) is 0 Å². The summed E-state index contributed by atoms with van der Waals surface area (Å²) in [6, 6.07) is 14.6. The van der Waals surface area contributed by atoms with Gasteiger partial charge in [0.1, 0.15) is 0 Å². The molecule has 1 fully saturated rings. The van der Waals surface area contributed by atoms with Gasteiger partial charge in [-0.2, -0.15) is 0 Å². The number of rotatable bonds is 3. The zero-order chi connectivity index (χ0) is 19.1. The van der Waals surface area contributed by atoms with Crippen LogP contribution >= 0.6 is 34.8 Å². The second-order valence-electron chi connectivity index (χ2n) is 6.94. The van der Waals surface area contributed by atoms with Gasteiger partial charge in [0.2, 0.25) is 0 Å². The molecular formula is C21H21IN4S. The van der Waals surface area contributed by atoms with Gasteiger partial charge in [0.25, 0.3) is 0 Å². The number of aromatic nitrogens is 2. The van der Waals surface area contributed by atoms with Crippen molar-refractivity contribution in [3.05, 3.63) is 80.4 Å². The monoisotopic (exact) mass is 488 g/mol. The number of hydrogen-bond donors (Lipinski definition) is 2. The molecular weight excluding hydrogens is 467 g/mol. The van der Waals surface area contributed by atoms with E-state index in [0.29, 0.717) is 0 Å². The minimum absolute atomic E-state index is 0.0124. The third-order valence-electron chi connectivity index (χ3n) is 5.02. The smallest absolute Gasteiger partial charge is 0.174 e. The van der Waals surface area contributed by atoms with E-state index >= 15 is 0 Å². The van der Waals surface area contributed by atoms with E-state index in [-0.39, 0.29) is 12.1 Å². The Bertz CT molecular complexity index is 999. The molecule has 4 rings (SSSR count). The second-order valence-corrected chi connectivity index (χ2v) is 8.40. The van der Waals surface area contributed by atoms with Crippen LogP contribution in [-0.2, 0) is 0 Å². The lowest BCUT2D eigenvalue weighted by molar-refractivity contribution is 0.564. The first-order chi connectivity index (χ1) is 13.0. The van der Waals surface area contributed by atoms with E-state index in [1.165, 1.54) is 26.1 Å². The molecule has 1 aromatic carbocycles. The normalized spacial score (nSPS) is 19.4. The number of pyridine rings is 1. The van der Waals surface area contributed by atoms with Crippen molar-refractivity contribution in [2.75, 3.05) is 4.90 Å². The fourth-order valence-electron chi connectivity index (χ4n) is 3.83. The van der Waals surface area contributed by atoms with E-state index in [1.807, 2.05) is 18.3 Å². The molecule has 4 nitrogen and oxygen atoms in total. The van der Waals surface area contributed by atoms with Crippen LogP contribution in [-0.4, -0.2) is 15.1 Å². The van der Waals surface area contributed by atoms with Crippen LogP contribution in [0.3, 0.4) is 0 Å². The molecule has 1 saturated heterocycles. The summed E-state index contributed by atoms with van der Waals surface area (Å²) in [5.74, 6) is 0. The SMILES string of the molecule is Cc1cccc(N2C(=S)NC(c3ccccn3)C2c2c(C)[nH]c(C)c2I)c1. The van der Waals surface area contributed by atoms with E-state index in [1.54, 1.807) is 0 Å². The van der Waals surface area contributed by atoms with Crippen LogP contribution < -0.4 is 10.2 Å². The summed E-state index contributed by atoms with van der Waals surface area (Å²) in [7, 11) is 0. The summed E-state index contributed by atoms with van der Waals surface area (Å²) >= 11 is 8.23. The van der Waals surface area contributed by atoms with Gasteiger partial charge in [-0.25, -0.2) is 0 Å². The molecule has 0 saturated carbocycles. The zero-order valence-corrected chi connectivity index (χ0v) is 18.4. The average Bonchev–Trinajstić information content (AvgIpc) is 3.11. The van der Waals surface area contributed by atoms with Crippen LogP contribution in [0.25, 0.3) is 0 Å². The molecule has 0 spiro atoms. The van der Waals surface area contributed by atoms with Crippen molar-refractivity contribution in [1.82, 2.24) is 15.3 Å². The largest absolute Gasteiger partial charge is 0.362 e. The Morgan fingerprint density at radius 3 is 2.52 bits per heavy atom. The van der Waals surface area contributed by atoms with Gasteiger partial charge in [0.05, 0.1) is 17.8 Å². The van der Waals surface area contributed by atoms with Gasteiger partial charge in [-0.3, -0.25) is 4.98 Å². The van der Waals surface area contributed by atoms with Crippen molar-refractivity contribution in [2.45, 2.75) is 32.9 Å². The number of thiocarbonyl (C=S) groups is 1. The fourth-order valence-corrected chi connectivity index (χ4v) is 5.03. The first-order valence-electron chi connectivity index (χ1n) is 8.89. The quantitative estimate of drug-likeness (QED) is 0.397. The first kappa shape index (κ1) is 18.4. The predicted octanol–water partition coefficient (Wildman–Crippen LogP) is 5.12. The Balaban J connectivity index is 1.91. The Labute approximate surface area is 178 Å². The lowest BCUT2D eigenvalue weighted by Gasteiger charge is -2.28. The van der Waals surface area contributed by atoms with Gasteiger partial charge in [-0.05, 0) is 85.4 Å². The molecule has 0 amide bonds. The maximum absolute atomic E-state index is 5.79. The molecule has 3 heterocycles. The maximum Gasteiger partial charge on any atom is 0.174 e. The van der Waals surface area contributed by atoms with Gasteiger partial charge in [-0.1, -0.05) is 18.2 Å². The highest BCUT2D eigenvalue weighted by molar-refractivity contribution is 14.1. The number of H-pyrrole nitrogens is 1. The lowest BCUT2D eigenvalue weighted by atomic mass is 9.96. The molecule has 0 bridgehead atoms. The summed E-state index contributed by atoms with van der Waals surface area (Å²) in [5.41, 5.74) is 6.94. The van der Waals surface area contributed by atoms with Gasteiger partial charge >= 0.3 is 0 Å². The summed E-state index contributed by atoms with van der Waals surface area (Å²) in [5, 5.41) is 4.26. The summed E-state index contributed by atoms with van der Waals surface area (Å²) in [4.78, 5) is 10.4. The van der Waals surface area contributed by atoms with Crippen molar-refractivity contribution < 1.29 is 0 Å². The summed E-state index contributed by atoms with van der Waals surface area (Å²) < 4.78 is 1.25. The van der Waals surface area contributed by atoms with Crippen molar-refractivity contribution in [2.24, 2.45) is 0 Å². The number of nitrogens with one attached hydrogen (secondary N) is 2. The number of hydrogen-bond acceptors (Lipinski definition) is 2. The van der Waals surface area contributed by atoms with E-state index in [0.717, 1.165) is 16.5 Å². The van der Waals surface area contributed by atoms with Crippen molar-refractivity contribution in [1.29, 1.82) is 0 Å². The Hall–Kier alpha value is -1.93. The van der Waals surface area contributed by atoms with E-state index in [9.17, 15) is 0 Å². The number of nitrogens with zero attached hydrogens (tertiary/aromatic N) is 2. The van der Waals surface area contributed by atoms with E-state index in [4.69, 9.17) is 12.2 Å². The lowest BCUT2D eigenvalue weighted by Crippen LogP contribution is -2.29. The first-order valence-corrected chi connectivity index (χ1v) is 10.4. The fraction of sp³-hybridized carbons (Fsp3) is 0.238. The highest BCUT2D eigenvalue weighted by atomic mass is 127. The Morgan fingerprint density at radius 2 is 1.89 bits per heavy atom. The van der Waals surface area contributed by atoms with Gasteiger partial charge in [0, 0.05) is 32.4 Å². The topological polar surface area (TPSA) is 44.0 Å². The molecule has 0 aliphatic carbocycles. The predicted molar refractivity (Wildman–Crippen MR) is 122 cm³/mol. The molecule has 2 unspecified atom stereocenters. The summed E-state index contributed by atoms with van der Waals surface area (Å²) in [6.45, 7) is 6.36. The number of halogens is 1. The minimum atomic E-state index is -0.0124. The summed E-state index contributed by atoms with van der Waals surface area (Å²) in [6.07, 6.45) is 1.84. The van der Waals surface area contributed by atoms with Crippen molar-refractivity contribution in [3.8, 4) is 0 Å².